The molecule has 0 aliphatic carbocycles. The average Bonchev–Trinajstić information content (AvgIpc) is 3.13. The highest BCUT2D eigenvalue weighted by Gasteiger charge is 2.35. The Kier molecular flexibility index (Phi) is 5.56. The van der Waals surface area contributed by atoms with Crippen LogP contribution in [0.1, 0.15) is 28.4 Å². The standard InChI is InChI=1S/C22H22FN5O2/c1-27-12-16-13-28(20(29)10-15-6-2-3-8-19(15)23)14-18(21(16)26-27)22(30)25-11-17-7-4-5-9-24-17/h2-9,12,18H,10-11,13-14H2,1H3,(H,25,30). The maximum absolute atomic E-state index is 14.0. The van der Waals surface area contributed by atoms with Crippen molar-refractivity contribution in [3.05, 3.63) is 83.2 Å². The number of carbonyl (C=O) groups excluding carboxylic acids is 2. The van der Waals surface area contributed by atoms with Gasteiger partial charge in [-0.2, -0.15) is 5.10 Å². The van der Waals surface area contributed by atoms with Crippen molar-refractivity contribution in [2.75, 3.05) is 6.54 Å². The number of pyridine rings is 1. The van der Waals surface area contributed by atoms with Crippen molar-refractivity contribution in [1.82, 2.24) is 25.0 Å². The molecule has 2 amide bonds. The summed E-state index contributed by atoms with van der Waals surface area (Å²) in [4.78, 5) is 31.6. The van der Waals surface area contributed by atoms with Gasteiger partial charge in [0, 0.05) is 38.1 Å². The molecule has 1 aromatic carbocycles. The summed E-state index contributed by atoms with van der Waals surface area (Å²) in [5.74, 6) is -1.45. The molecule has 1 aliphatic heterocycles. The van der Waals surface area contributed by atoms with E-state index in [4.69, 9.17) is 0 Å². The molecule has 154 valence electrons. The number of rotatable bonds is 5. The van der Waals surface area contributed by atoms with E-state index >= 15 is 0 Å². The first-order valence-electron chi connectivity index (χ1n) is 9.72. The van der Waals surface area contributed by atoms with Crippen LogP contribution in [-0.4, -0.2) is 38.0 Å². The minimum Gasteiger partial charge on any atom is -0.350 e. The highest BCUT2D eigenvalue weighted by atomic mass is 19.1. The Bertz CT molecular complexity index is 1070. The Labute approximate surface area is 173 Å². The summed E-state index contributed by atoms with van der Waals surface area (Å²) in [6.07, 6.45) is 3.43. The second kappa shape index (κ2) is 8.44. The van der Waals surface area contributed by atoms with Crippen molar-refractivity contribution < 1.29 is 14.0 Å². The average molecular weight is 407 g/mol. The molecule has 3 heterocycles. The van der Waals surface area contributed by atoms with E-state index in [0.29, 0.717) is 24.3 Å². The largest absolute Gasteiger partial charge is 0.350 e. The zero-order chi connectivity index (χ0) is 21.1. The lowest BCUT2D eigenvalue weighted by Crippen LogP contribution is -2.44. The van der Waals surface area contributed by atoms with E-state index < -0.39 is 11.7 Å². The first-order valence-corrected chi connectivity index (χ1v) is 9.72. The lowest BCUT2D eigenvalue weighted by atomic mass is 9.95. The normalized spacial score (nSPS) is 15.5. The molecule has 7 nitrogen and oxygen atoms in total. The second-order valence-electron chi connectivity index (χ2n) is 7.35. The number of aromatic nitrogens is 3. The molecule has 0 bridgehead atoms. The zero-order valence-electron chi connectivity index (χ0n) is 16.6. The van der Waals surface area contributed by atoms with E-state index in [2.05, 4.69) is 15.4 Å². The van der Waals surface area contributed by atoms with Gasteiger partial charge in [-0.15, -0.1) is 0 Å². The predicted molar refractivity (Wildman–Crippen MR) is 108 cm³/mol. The van der Waals surface area contributed by atoms with Crippen molar-refractivity contribution in [2.45, 2.75) is 25.4 Å². The third kappa shape index (κ3) is 4.22. The second-order valence-corrected chi connectivity index (χ2v) is 7.35. The summed E-state index contributed by atoms with van der Waals surface area (Å²) in [6.45, 7) is 0.841. The topological polar surface area (TPSA) is 80.1 Å². The van der Waals surface area contributed by atoms with E-state index in [1.54, 1.807) is 41.0 Å². The van der Waals surface area contributed by atoms with Gasteiger partial charge in [0.25, 0.3) is 0 Å². The highest BCUT2D eigenvalue weighted by Crippen LogP contribution is 2.28. The van der Waals surface area contributed by atoms with Gasteiger partial charge in [-0.25, -0.2) is 4.39 Å². The highest BCUT2D eigenvalue weighted by molar-refractivity contribution is 5.86. The molecule has 30 heavy (non-hydrogen) atoms. The van der Waals surface area contributed by atoms with Gasteiger partial charge in [-0.1, -0.05) is 24.3 Å². The first kappa shape index (κ1) is 19.8. The molecule has 1 N–H and O–H groups in total. The summed E-state index contributed by atoms with van der Waals surface area (Å²) in [5.41, 5.74) is 2.58. The Morgan fingerprint density at radius 3 is 2.77 bits per heavy atom. The molecule has 0 radical (unpaired) electrons. The predicted octanol–water partition coefficient (Wildman–Crippen LogP) is 1.94. The fourth-order valence-corrected chi connectivity index (χ4v) is 3.66. The van der Waals surface area contributed by atoms with Crippen LogP contribution in [0.2, 0.25) is 0 Å². The maximum atomic E-state index is 14.0. The van der Waals surface area contributed by atoms with Crippen LogP contribution in [0.3, 0.4) is 0 Å². The zero-order valence-corrected chi connectivity index (χ0v) is 16.6. The number of carbonyl (C=O) groups is 2. The van der Waals surface area contributed by atoms with Gasteiger partial charge in [0.15, 0.2) is 0 Å². The van der Waals surface area contributed by atoms with E-state index in [9.17, 15) is 14.0 Å². The summed E-state index contributed by atoms with van der Waals surface area (Å²) in [7, 11) is 1.78. The fraction of sp³-hybridized carbons (Fsp3) is 0.273. The molecule has 2 aromatic heterocycles. The van der Waals surface area contributed by atoms with Crippen LogP contribution in [0, 0.1) is 5.82 Å². The van der Waals surface area contributed by atoms with Gasteiger partial charge in [-0.3, -0.25) is 19.3 Å². The number of halogens is 1. The monoisotopic (exact) mass is 407 g/mol. The van der Waals surface area contributed by atoms with Crippen LogP contribution in [0.25, 0.3) is 0 Å². The molecular weight excluding hydrogens is 385 g/mol. The first-order chi connectivity index (χ1) is 14.5. The van der Waals surface area contributed by atoms with Gasteiger partial charge < -0.3 is 10.2 Å². The molecule has 0 saturated heterocycles. The van der Waals surface area contributed by atoms with Crippen LogP contribution in [0.4, 0.5) is 4.39 Å². The summed E-state index contributed by atoms with van der Waals surface area (Å²) >= 11 is 0. The van der Waals surface area contributed by atoms with E-state index in [1.165, 1.54) is 6.07 Å². The van der Waals surface area contributed by atoms with E-state index in [-0.39, 0.29) is 24.8 Å². The van der Waals surface area contributed by atoms with Gasteiger partial charge >= 0.3 is 0 Å². The summed E-state index contributed by atoms with van der Waals surface area (Å²) in [6, 6.07) is 11.7. The minimum atomic E-state index is -0.594. The number of amides is 2. The molecule has 1 aliphatic rings. The van der Waals surface area contributed by atoms with Crippen LogP contribution in [0.5, 0.6) is 0 Å². The number of aryl methyl sites for hydroxylation is 1. The van der Waals surface area contributed by atoms with Gasteiger partial charge in [0.1, 0.15) is 5.82 Å². The van der Waals surface area contributed by atoms with Crippen LogP contribution in [0.15, 0.2) is 54.9 Å². The molecule has 0 fully saturated rings. The quantitative estimate of drug-likeness (QED) is 0.701. The third-order valence-corrected chi connectivity index (χ3v) is 5.17. The van der Waals surface area contributed by atoms with Gasteiger partial charge in [-0.05, 0) is 23.8 Å². The van der Waals surface area contributed by atoms with E-state index in [1.807, 2.05) is 24.4 Å². The molecule has 8 heteroatoms. The number of fused-ring (bicyclic) bond motifs is 1. The molecule has 0 spiro atoms. The van der Waals surface area contributed by atoms with Crippen LogP contribution in [-0.2, 0) is 36.1 Å². The fourth-order valence-electron chi connectivity index (χ4n) is 3.66. The van der Waals surface area contributed by atoms with Crippen LogP contribution < -0.4 is 5.32 Å². The Morgan fingerprint density at radius 2 is 2.00 bits per heavy atom. The number of nitrogens with zero attached hydrogens (tertiary/aromatic N) is 4. The molecule has 4 rings (SSSR count). The Hall–Kier alpha value is -3.55. The Balaban J connectivity index is 1.51. The molecule has 1 unspecified atom stereocenters. The van der Waals surface area contributed by atoms with Crippen molar-refractivity contribution in [1.29, 1.82) is 0 Å². The lowest BCUT2D eigenvalue weighted by molar-refractivity contribution is -0.133. The number of hydrogen-bond donors (Lipinski definition) is 1. The van der Waals surface area contributed by atoms with Gasteiger partial charge in [0.05, 0.1) is 30.3 Å². The maximum Gasteiger partial charge on any atom is 0.231 e. The number of benzene rings is 1. The van der Waals surface area contributed by atoms with Crippen molar-refractivity contribution in [2.24, 2.45) is 7.05 Å². The van der Waals surface area contributed by atoms with Gasteiger partial charge in [0.2, 0.25) is 11.8 Å². The summed E-state index contributed by atoms with van der Waals surface area (Å²) in [5, 5.41) is 7.33. The van der Waals surface area contributed by atoms with Crippen molar-refractivity contribution in [3.63, 3.8) is 0 Å². The lowest BCUT2D eigenvalue weighted by Gasteiger charge is -2.31. The molecule has 3 aromatic rings. The van der Waals surface area contributed by atoms with E-state index in [0.717, 1.165) is 11.3 Å². The molecule has 0 saturated carbocycles. The third-order valence-electron chi connectivity index (χ3n) is 5.17. The molecule has 1 atom stereocenters. The number of hydrogen-bond acceptors (Lipinski definition) is 4. The summed E-state index contributed by atoms with van der Waals surface area (Å²) < 4.78 is 15.6. The SMILES string of the molecule is Cn1cc2c(n1)C(C(=O)NCc1ccccn1)CN(C(=O)Cc1ccccc1F)C2. The van der Waals surface area contributed by atoms with Crippen molar-refractivity contribution in [3.8, 4) is 0 Å². The molecular formula is C22H22FN5O2. The van der Waals surface area contributed by atoms with Crippen molar-refractivity contribution >= 4 is 11.8 Å². The Morgan fingerprint density at radius 1 is 1.20 bits per heavy atom. The number of nitrogens with one attached hydrogen (secondary N) is 1. The smallest absolute Gasteiger partial charge is 0.231 e. The minimum absolute atomic E-state index is 0.0510. The van der Waals surface area contributed by atoms with Crippen LogP contribution >= 0.6 is 0 Å².